The highest BCUT2D eigenvalue weighted by Crippen LogP contribution is 2.44. The number of hydrogen-bond donors (Lipinski definition) is 1. The molecule has 0 radical (unpaired) electrons. The third-order valence-electron chi connectivity index (χ3n) is 6.58. The molecule has 3 aromatic rings. The number of amides is 1. The van der Waals surface area contributed by atoms with Crippen molar-refractivity contribution in [2.45, 2.75) is 60.0 Å². The SMILES string of the molecule is CCOC(=O)c1c(NC(=O)C(C)OC(=O)c2cccc3nccnc23)sc2c1CCC(C(C)(C)C)C2. The number of nitrogens with zero attached hydrogens (tertiary/aromatic N) is 2. The fourth-order valence-corrected chi connectivity index (χ4v) is 5.80. The summed E-state index contributed by atoms with van der Waals surface area (Å²) in [4.78, 5) is 48.2. The third-order valence-corrected chi connectivity index (χ3v) is 7.75. The average Bonchev–Trinajstić information content (AvgIpc) is 3.20. The molecule has 0 fully saturated rings. The van der Waals surface area contributed by atoms with E-state index in [0.29, 0.717) is 27.5 Å². The highest BCUT2D eigenvalue weighted by Gasteiger charge is 2.35. The number of benzene rings is 1. The fraction of sp³-hybridized carbons (Fsp3) is 0.444. The van der Waals surface area contributed by atoms with Crippen LogP contribution in [0.5, 0.6) is 0 Å². The molecule has 2 aromatic heterocycles. The van der Waals surface area contributed by atoms with Crippen LogP contribution < -0.4 is 5.32 Å². The number of rotatable bonds is 6. The van der Waals surface area contributed by atoms with Gasteiger partial charge in [0, 0.05) is 17.3 Å². The molecule has 1 aliphatic rings. The Kier molecular flexibility index (Phi) is 7.40. The quantitative estimate of drug-likeness (QED) is 0.455. The summed E-state index contributed by atoms with van der Waals surface area (Å²) in [5, 5.41) is 3.27. The predicted molar refractivity (Wildman–Crippen MR) is 138 cm³/mol. The summed E-state index contributed by atoms with van der Waals surface area (Å²) in [7, 11) is 0. The van der Waals surface area contributed by atoms with Crippen LogP contribution in [0, 0.1) is 11.3 Å². The van der Waals surface area contributed by atoms with Gasteiger partial charge in [-0.2, -0.15) is 0 Å². The summed E-state index contributed by atoms with van der Waals surface area (Å²) in [6.45, 7) is 10.2. The second-order valence-electron chi connectivity index (χ2n) is 10.0. The van der Waals surface area contributed by atoms with Crippen molar-refractivity contribution in [3.8, 4) is 0 Å². The molecule has 9 heteroatoms. The van der Waals surface area contributed by atoms with Gasteiger partial charge in [-0.15, -0.1) is 11.3 Å². The molecule has 2 atom stereocenters. The zero-order chi connectivity index (χ0) is 26.0. The van der Waals surface area contributed by atoms with Crippen molar-refractivity contribution in [1.29, 1.82) is 0 Å². The molecule has 36 heavy (non-hydrogen) atoms. The van der Waals surface area contributed by atoms with Crippen molar-refractivity contribution in [2.24, 2.45) is 11.3 Å². The van der Waals surface area contributed by atoms with Gasteiger partial charge in [0.05, 0.1) is 23.3 Å². The zero-order valence-corrected chi connectivity index (χ0v) is 22.0. The molecule has 190 valence electrons. The van der Waals surface area contributed by atoms with E-state index in [2.05, 4.69) is 36.1 Å². The number of para-hydroxylation sites is 1. The van der Waals surface area contributed by atoms with Crippen LogP contribution in [-0.2, 0) is 27.1 Å². The average molecular weight is 510 g/mol. The van der Waals surface area contributed by atoms with Crippen LogP contribution in [0.15, 0.2) is 30.6 Å². The molecule has 0 saturated carbocycles. The van der Waals surface area contributed by atoms with Crippen molar-refractivity contribution in [2.75, 3.05) is 11.9 Å². The maximum Gasteiger partial charge on any atom is 0.341 e. The number of ether oxygens (including phenoxy) is 2. The summed E-state index contributed by atoms with van der Waals surface area (Å²) in [6, 6.07) is 5.02. The molecule has 1 aliphatic carbocycles. The predicted octanol–water partition coefficient (Wildman–Crippen LogP) is 5.20. The molecule has 0 bridgehead atoms. The van der Waals surface area contributed by atoms with E-state index >= 15 is 0 Å². The summed E-state index contributed by atoms with van der Waals surface area (Å²) in [5.74, 6) is -1.16. The van der Waals surface area contributed by atoms with Crippen LogP contribution in [0.2, 0.25) is 0 Å². The third kappa shape index (κ3) is 5.26. The van der Waals surface area contributed by atoms with E-state index in [-0.39, 0.29) is 17.6 Å². The lowest BCUT2D eigenvalue weighted by atomic mass is 9.72. The van der Waals surface area contributed by atoms with E-state index in [0.717, 1.165) is 29.7 Å². The summed E-state index contributed by atoms with van der Waals surface area (Å²) >= 11 is 1.41. The van der Waals surface area contributed by atoms with Crippen molar-refractivity contribution < 1.29 is 23.9 Å². The van der Waals surface area contributed by atoms with Gasteiger partial charge in [-0.05, 0) is 62.1 Å². The number of nitrogens with one attached hydrogen (secondary N) is 1. The Balaban J connectivity index is 1.54. The van der Waals surface area contributed by atoms with Gasteiger partial charge < -0.3 is 14.8 Å². The van der Waals surface area contributed by atoms with E-state index in [1.54, 1.807) is 31.3 Å². The topological polar surface area (TPSA) is 107 Å². The van der Waals surface area contributed by atoms with Crippen molar-refractivity contribution in [3.05, 3.63) is 52.2 Å². The van der Waals surface area contributed by atoms with Crippen molar-refractivity contribution >= 4 is 45.2 Å². The zero-order valence-electron chi connectivity index (χ0n) is 21.2. The first kappa shape index (κ1) is 25.8. The van der Waals surface area contributed by atoms with Gasteiger partial charge in [-0.25, -0.2) is 9.59 Å². The minimum Gasteiger partial charge on any atom is -0.462 e. The van der Waals surface area contributed by atoms with E-state index in [4.69, 9.17) is 9.47 Å². The molecular formula is C27H31N3O5S. The van der Waals surface area contributed by atoms with Gasteiger partial charge in [0.2, 0.25) is 0 Å². The van der Waals surface area contributed by atoms with Crippen LogP contribution in [0.1, 0.15) is 72.2 Å². The van der Waals surface area contributed by atoms with Crippen LogP contribution in [0.3, 0.4) is 0 Å². The fourth-order valence-electron chi connectivity index (χ4n) is 4.48. The number of aromatic nitrogens is 2. The van der Waals surface area contributed by atoms with Crippen LogP contribution >= 0.6 is 11.3 Å². The minimum atomic E-state index is -1.10. The highest BCUT2D eigenvalue weighted by molar-refractivity contribution is 7.17. The Bertz CT molecular complexity index is 1310. The van der Waals surface area contributed by atoms with Gasteiger partial charge in [-0.1, -0.05) is 26.8 Å². The Morgan fingerprint density at radius 3 is 2.64 bits per heavy atom. The van der Waals surface area contributed by atoms with E-state index in [9.17, 15) is 14.4 Å². The van der Waals surface area contributed by atoms with Crippen molar-refractivity contribution in [3.63, 3.8) is 0 Å². The molecule has 1 aromatic carbocycles. The molecule has 2 heterocycles. The number of carbonyl (C=O) groups is 3. The number of esters is 2. The molecule has 0 saturated heterocycles. The number of thiophene rings is 1. The lowest BCUT2D eigenvalue weighted by molar-refractivity contribution is -0.123. The minimum absolute atomic E-state index is 0.143. The first-order chi connectivity index (χ1) is 17.1. The van der Waals surface area contributed by atoms with Crippen LogP contribution in [0.25, 0.3) is 11.0 Å². The van der Waals surface area contributed by atoms with Crippen LogP contribution in [0.4, 0.5) is 5.00 Å². The van der Waals surface area contributed by atoms with Gasteiger partial charge >= 0.3 is 11.9 Å². The smallest absolute Gasteiger partial charge is 0.341 e. The molecule has 2 unspecified atom stereocenters. The van der Waals surface area contributed by atoms with Gasteiger partial charge in [0.25, 0.3) is 5.91 Å². The molecule has 1 N–H and O–H groups in total. The maximum atomic E-state index is 13.1. The molecule has 4 rings (SSSR count). The molecule has 1 amide bonds. The summed E-state index contributed by atoms with van der Waals surface area (Å²) in [6.07, 6.45) is 4.51. The lowest BCUT2D eigenvalue weighted by Crippen LogP contribution is -2.30. The molecule has 0 aliphatic heterocycles. The van der Waals surface area contributed by atoms with E-state index in [1.165, 1.54) is 24.5 Å². The molecular weight excluding hydrogens is 478 g/mol. The summed E-state index contributed by atoms with van der Waals surface area (Å²) < 4.78 is 10.8. The first-order valence-electron chi connectivity index (χ1n) is 12.1. The molecule has 0 spiro atoms. The van der Waals surface area contributed by atoms with Gasteiger partial charge in [0.15, 0.2) is 6.10 Å². The second-order valence-corrected chi connectivity index (χ2v) is 11.1. The van der Waals surface area contributed by atoms with E-state index < -0.39 is 23.9 Å². The number of hydrogen-bond acceptors (Lipinski definition) is 8. The Hall–Kier alpha value is -3.33. The number of anilines is 1. The Morgan fingerprint density at radius 2 is 1.92 bits per heavy atom. The van der Waals surface area contributed by atoms with Gasteiger partial charge in [0.1, 0.15) is 10.5 Å². The standard InChI is InChI=1S/C27H31N3O5S/c1-6-34-26(33)21-17-11-10-16(27(3,4)5)14-20(17)36-24(21)30-23(31)15(2)35-25(32)18-8-7-9-19-22(18)29-13-12-28-19/h7-9,12-13,15-16H,6,10-11,14H2,1-5H3,(H,30,31). The van der Waals surface area contributed by atoms with Crippen LogP contribution in [-0.4, -0.2) is 40.5 Å². The summed E-state index contributed by atoms with van der Waals surface area (Å²) in [5.41, 5.74) is 2.70. The van der Waals surface area contributed by atoms with E-state index in [1.807, 2.05) is 0 Å². The normalized spacial score (nSPS) is 16.2. The van der Waals surface area contributed by atoms with Crippen molar-refractivity contribution in [1.82, 2.24) is 9.97 Å². The molecule has 8 nitrogen and oxygen atoms in total. The maximum absolute atomic E-state index is 13.1. The lowest BCUT2D eigenvalue weighted by Gasteiger charge is -2.33. The number of carbonyl (C=O) groups excluding carboxylic acids is 3. The monoisotopic (exact) mass is 509 g/mol. The largest absolute Gasteiger partial charge is 0.462 e. The van der Waals surface area contributed by atoms with Gasteiger partial charge in [-0.3, -0.25) is 14.8 Å². The first-order valence-corrected chi connectivity index (χ1v) is 12.9. The second kappa shape index (κ2) is 10.3. The highest BCUT2D eigenvalue weighted by atomic mass is 32.1. The Morgan fingerprint density at radius 1 is 1.17 bits per heavy atom. The Labute approximate surface area is 214 Å². The number of fused-ring (bicyclic) bond motifs is 2.